The third-order valence-electron chi connectivity index (χ3n) is 5.29. The molecule has 1 unspecified atom stereocenters. The molecule has 28 heavy (non-hydrogen) atoms. The Morgan fingerprint density at radius 1 is 1.18 bits per heavy atom. The molecule has 1 aromatic carbocycles. The maximum Gasteiger partial charge on any atom is 0.416 e. The van der Waals surface area contributed by atoms with E-state index in [4.69, 9.17) is 4.74 Å². The third-order valence-corrected chi connectivity index (χ3v) is 5.29. The fraction of sp³-hybridized carbons (Fsp3) is 0.632. The Bertz CT molecular complexity index is 616. The van der Waals surface area contributed by atoms with Gasteiger partial charge in [0.15, 0.2) is 0 Å². The fourth-order valence-corrected chi connectivity index (χ4v) is 3.67. The van der Waals surface area contributed by atoms with Gasteiger partial charge in [-0.15, -0.1) is 12.4 Å². The van der Waals surface area contributed by atoms with E-state index in [2.05, 4.69) is 15.5 Å². The summed E-state index contributed by atoms with van der Waals surface area (Å²) in [6.45, 7) is 4.60. The zero-order valence-electron chi connectivity index (χ0n) is 15.6. The molecule has 0 aromatic heterocycles. The molecule has 2 aliphatic heterocycles. The molecule has 1 aromatic rings. The molecule has 9 heteroatoms. The SMILES string of the molecule is Cl.O=C(NCC(c1ccc(C(F)(F)F)cc1)N1CCOCC1)C1CCNCC1. The first-order valence-corrected chi connectivity index (χ1v) is 9.42. The van der Waals surface area contributed by atoms with Crippen LogP contribution in [0.3, 0.4) is 0 Å². The van der Waals surface area contributed by atoms with Gasteiger partial charge in [-0.1, -0.05) is 12.1 Å². The highest BCUT2D eigenvalue weighted by atomic mass is 35.5. The van der Waals surface area contributed by atoms with Gasteiger partial charge in [0.25, 0.3) is 0 Å². The van der Waals surface area contributed by atoms with Crippen LogP contribution >= 0.6 is 12.4 Å². The zero-order valence-corrected chi connectivity index (χ0v) is 16.5. The number of ether oxygens (including phenoxy) is 1. The molecule has 0 saturated carbocycles. The number of amides is 1. The quantitative estimate of drug-likeness (QED) is 0.767. The molecular weight excluding hydrogens is 395 g/mol. The number of hydrogen-bond donors (Lipinski definition) is 2. The lowest BCUT2D eigenvalue weighted by atomic mass is 9.96. The van der Waals surface area contributed by atoms with Crippen molar-refractivity contribution < 1.29 is 22.7 Å². The Morgan fingerprint density at radius 2 is 1.79 bits per heavy atom. The van der Waals surface area contributed by atoms with E-state index in [9.17, 15) is 18.0 Å². The number of nitrogens with one attached hydrogen (secondary N) is 2. The van der Waals surface area contributed by atoms with Gasteiger partial charge >= 0.3 is 6.18 Å². The lowest BCUT2D eigenvalue weighted by molar-refractivity contribution is -0.137. The van der Waals surface area contributed by atoms with Gasteiger partial charge in [0.2, 0.25) is 5.91 Å². The van der Waals surface area contributed by atoms with Crippen molar-refractivity contribution in [3.8, 4) is 0 Å². The highest BCUT2D eigenvalue weighted by Crippen LogP contribution is 2.31. The van der Waals surface area contributed by atoms with E-state index < -0.39 is 11.7 Å². The standard InChI is InChI=1S/C19H26F3N3O2.ClH/c20-19(21,22)16-3-1-14(2-4-16)17(25-9-11-27-12-10-25)13-24-18(26)15-5-7-23-8-6-15;/h1-4,15,17,23H,5-13H2,(H,24,26);1H. The Balaban J connectivity index is 0.00000280. The first-order valence-electron chi connectivity index (χ1n) is 9.42. The van der Waals surface area contributed by atoms with E-state index in [1.807, 2.05) is 0 Å². The van der Waals surface area contributed by atoms with E-state index in [1.165, 1.54) is 12.1 Å². The minimum absolute atomic E-state index is 0. The molecule has 0 spiro atoms. The average molecular weight is 422 g/mol. The van der Waals surface area contributed by atoms with E-state index in [-0.39, 0.29) is 30.3 Å². The maximum absolute atomic E-state index is 12.8. The molecule has 2 N–H and O–H groups in total. The summed E-state index contributed by atoms with van der Waals surface area (Å²) < 4.78 is 43.9. The third kappa shape index (κ3) is 6.07. The molecule has 158 valence electrons. The van der Waals surface area contributed by atoms with Crippen LogP contribution in [0.25, 0.3) is 0 Å². The second kappa shape index (κ2) is 10.4. The van der Waals surface area contributed by atoms with Crippen molar-refractivity contribution in [3.05, 3.63) is 35.4 Å². The van der Waals surface area contributed by atoms with Gasteiger partial charge in [-0.2, -0.15) is 13.2 Å². The number of nitrogens with zero attached hydrogens (tertiary/aromatic N) is 1. The number of benzene rings is 1. The Labute approximate surface area is 169 Å². The van der Waals surface area contributed by atoms with Gasteiger partial charge < -0.3 is 15.4 Å². The molecule has 0 bridgehead atoms. The minimum atomic E-state index is -4.35. The number of halogens is 4. The first kappa shape index (κ1) is 22.9. The molecule has 1 atom stereocenters. The van der Waals surface area contributed by atoms with Crippen LogP contribution in [0, 0.1) is 5.92 Å². The van der Waals surface area contributed by atoms with Crippen LogP contribution in [0.15, 0.2) is 24.3 Å². The summed E-state index contributed by atoms with van der Waals surface area (Å²) in [5.74, 6) is 0.0332. The largest absolute Gasteiger partial charge is 0.416 e. The van der Waals surface area contributed by atoms with Crippen molar-refractivity contribution in [2.24, 2.45) is 5.92 Å². The van der Waals surface area contributed by atoms with Gasteiger partial charge in [-0.05, 0) is 43.6 Å². The van der Waals surface area contributed by atoms with Crippen molar-refractivity contribution in [1.29, 1.82) is 0 Å². The van der Waals surface area contributed by atoms with Crippen LogP contribution < -0.4 is 10.6 Å². The maximum atomic E-state index is 12.8. The predicted molar refractivity (Wildman–Crippen MR) is 102 cm³/mol. The smallest absolute Gasteiger partial charge is 0.379 e. The van der Waals surface area contributed by atoms with Crippen molar-refractivity contribution in [2.45, 2.75) is 25.1 Å². The van der Waals surface area contributed by atoms with Crippen molar-refractivity contribution in [1.82, 2.24) is 15.5 Å². The van der Waals surface area contributed by atoms with E-state index >= 15 is 0 Å². The predicted octanol–water partition coefficient (Wildman–Crippen LogP) is 2.62. The molecule has 2 fully saturated rings. The minimum Gasteiger partial charge on any atom is -0.379 e. The van der Waals surface area contributed by atoms with Crippen LogP contribution in [0.4, 0.5) is 13.2 Å². The van der Waals surface area contributed by atoms with Gasteiger partial charge in [0.05, 0.1) is 24.8 Å². The molecular formula is C19H27ClF3N3O2. The number of morpholine rings is 1. The molecule has 0 aliphatic carbocycles. The van der Waals surface area contributed by atoms with Gasteiger partial charge in [0.1, 0.15) is 0 Å². The summed E-state index contributed by atoms with van der Waals surface area (Å²) >= 11 is 0. The Hall–Kier alpha value is -1.35. The molecule has 1 amide bonds. The molecule has 2 saturated heterocycles. The molecule has 2 aliphatic rings. The summed E-state index contributed by atoms with van der Waals surface area (Å²) in [7, 11) is 0. The summed E-state index contributed by atoms with van der Waals surface area (Å²) in [5, 5.41) is 6.26. The molecule has 2 heterocycles. The Kier molecular flexibility index (Phi) is 8.55. The van der Waals surface area contributed by atoms with Crippen LogP contribution in [-0.4, -0.2) is 56.7 Å². The van der Waals surface area contributed by atoms with Crippen LogP contribution in [0.2, 0.25) is 0 Å². The van der Waals surface area contributed by atoms with Gasteiger partial charge in [-0.25, -0.2) is 0 Å². The van der Waals surface area contributed by atoms with Crippen LogP contribution in [-0.2, 0) is 15.7 Å². The lowest BCUT2D eigenvalue weighted by Gasteiger charge is -2.35. The highest BCUT2D eigenvalue weighted by molar-refractivity contribution is 5.85. The summed E-state index contributed by atoms with van der Waals surface area (Å²) in [6, 6.07) is 5.08. The lowest BCUT2D eigenvalue weighted by Crippen LogP contribution is -2.45. The monoisotopic (exact) mass is 421 g/mol. The second-order valence-corrected chi connectivity index (χ2v) is 7.05. The summed E-state index contributed by atoms with van der Waals surface area (Å²) in [6.07, 6.45) is -2.72. The number of rotatable bonds is 5. The number of hydrogen-bond acceptors (Lipinski definition) is 4. The second-order valence-electron chi connectivity index (χ2n) is 7.05. The number of carbonyl (C=O) groups is 1. The number of piperidine rings is 1. The Morgan fingerprint density at radius 3 is 2.36 bits per heavy atom. The molecule has 5 nitrogen and oxygen atoms in total. The summed E-state index contributed by atoms with van der Waals surface area (Å²) in [4.78, 5) is 14.6. The molecule has 0 radical (unpaired) electrons. The first-order chi connectivity index (χ1) is 12.9. The van der Waals surface area contributed by atoms with E-state index in [1.54, 1.807) is 0 Å². The van der Waals surface area contributed by atoms with Crippen LogP contribution in [0.5, 0.6) is 0 Å². The average Bonchev–Trinajstić information content (AvgIpc) is 2.69. The van der Waals surface area contributed by atoms with Crippen molar-refractivity contribution in [3.63, 3.8) is 0 Å². The fourth-order valence-electron chi connectivity index (χ4n) is 3.67. The van der Waals surface area contributed by atoms with E-state index in [0.29, 0.717) is 32.8 Å². The number of carbonyl (C=O) groups excluding carboxylic acids is 1. The van der Waals surface area contributed by atoms with Crippen molar-refractivity contribution in [2.75, 3.05) is 45.9 Å². The zero-order chi connectivity index (χ0) is 19.3. The highest BCUT2D eigenvalue weighted by Gasteiger charge is 2.31. The van der Waals surface area contributed by atoms with Crippen molar-refractivity contribution >= 4 is 18.3 Å². The van der Waals surface area contributed by atoms with Crippen LogP contribution in [0.1, 0.15) is 30.0 Å². The van der Waals surface area contributed by atoms with Gasteiger partial charge in [0, 0.05) is 25.6 Å². The normalized spacial score (nSPS) is 20.2. The molecule has 3 rings (SSSR count). The van der Waals surface area contributed by atoms with E-state index in [0.717, 1.165) is 43.6 Å². The summed E-state index contributed by atoms with van der Waals surface area (Å²) in [5.41, 5.74) is 0.112. The topological polar surface area (TPSA) is 53.6 Å². The number of alkyl halides is 3. The van der Waals surface area contributed by atoms with Gasteiger partial charge in [-0.3, -0.25) is 9.69 Å².